The van der Waals surface area contributed by atoms with Crippen molar-refractivity contribution in [1.82, 2.24) is 4.98 Å². The Bertz CT molecular complexity index is 606. The highest BCUT2D eigenvalue weighted by atomic mass is 14.7. The van der Waals surface area contributed by atoms with Crippen molar-refractivity contribution in [3.8, 4) is 12.1 Å². The Kier molecular flexibility index (Phi) is 2.23. The number of H-pyrrole nitrogens is 1. The molecule has 70 valence electrons. The number of benzene rings is 1. The van der Waals surface area contributed by atoms with Gasteiger partial charge in [-0.05, 0) is 23.1 Å². The average molecular weight is 193 g/mol. The topological polar surface area (TPSA) is 63.4 Å². The van der Waals surface area contributed by atoms with Crippen LogP contribution in [0, 0.1) is 22.7 Å². The molecule has 1 N–H and O–H groups in total. The van der Waals surface area contributed by atoms with E-state index in [0.29, 0.717) is 5.57 Å². The van der Waals surface area contributed by atoms with E-state index < -0.39 is 0 Å². The second kappa shape index (κ2) is 3.69. The van der Waals surface area contributed by atoms with E-state index in [2.05, 4.69) is 4.98 Å². The molecule has 3 nitrogen and oxygen atoms in total. The van der Waals surface area contributed by atoms with Gasteiger partial charge in [-0.3, -0.25) is 0 Å². The number of aromatic nitrogens is 1. The van der Waals surface area contributed by atoms with Gasteiger partial charge in [0.25, 0.3) is 0 Å². The second-order valence-corrected chi connectivity index (χ2v) is 3.08. The van der Waals surface area contributed by atoms with E-state index in [9.17, 15) is 0 Å². The summed E-state index contributed by atoms with van der Waals surface area (Å²) in [6, 6.07) is 11.4. The molecule has 1 aromatic carbocycles. The molecule has 3 heteroatoms. The SMILES string of the molecule is N#C/C=C(\C#N)c1ccc2cc[nH]c2c1. The summed E-state index contributed by atoms with van der Waals surface area (Å²) < 4.78 is 0. The lowest BCUT2D eigenvalue weighted by Gasteiger charge is -1.97. The lowest BCUT2D eigenvalue weighted by Crippen LogP contribution is -1.80. The molecule has 0 radical (unpaired) electrons. The lowest BCUT2D eigenvalue weighted by atomic mass is 10.1. The van der Waals surface area contributed by atoms with Gasteiger partial charge >= 0.3 is 0 Å². The number of aromatic amines is 1. The number of nitrogens with zero attached hydrogens (tertiary/aromatic N) is 2. The molecule has 0 bridgehead atoms. The highest BCUT2D eigenvalue weighted by Gasteiger charge is 2.01. The van der Waals surface area contributed by atoms with Gasteiger partial charge in [0.2, 0.25) is 0 Å². The highest BCUT2D eigenvalue weighted by molar-refractivity contribution is 5.87. The van der Waals surface area contributed by atoms with Gasteiger partial charge in [-0.2, -0.15) is 10.5 Å². The summed E-state index contributed by atoms with van der Waals surface area (Å²) in [5, 5.41) is 18.5. The summed E-state index contributed by atoms with van der Waals surface area (Å²) >= 11 is 0. The fraction of sp³-hybridized carbons (Fsp3) is 0. The molecule has 1 aromatic heterocycles. The monoisotopic (exact) mass is 193 g/mol. The molecule has 2 aromatic rings. The minimum absolute atomic E-state index is 0.383. The molecule has 15 heavy (non-hydrogen) atoms. The summed E-state index contributed by atoms with van der Waals surface area (Å²) in [7, 11) is 0. The third kappa shape index (κ3) is 1.59. The maximum absolute atomic E-state index is 8.85. The van der Waals surface area contributed by atoms with Crippen molar-refractivity contribution in [2.45, 2.75) is 0 Å². The molecular weight excluding hydrogens is 186 g/mol. The van der Waals surface area contributed by atoms with E-state index in [1.54, 1.807) is 0 Å². The number of hydrogen-bond donors (Lipinski definition) is 1. The van der Waals surface area contributed by atoms with Crippen LogP contribution in [0.3, 0.4) is 0 Å². The van der Waals surface area contributed by atoms with Crippen LogP contribution in [0.15, 0.2) is 36.5 Å². The quantitative estimate of drug-likeness (QED) is 0.707. The predicted octanol–water partition coefficient (Wildman–Crippen LogP) is 2.60. The number of nitrogens with one attached hydrogen (secondary N) is 1. The molecule has 0 aliphatic rings. The molecule has 0 amide bonds. The number of fused-ring (bicyclic) bond motifs is 1. The summed E-state index contributed by atoms with van der Waals surface area (Å²) in [5.74, 6) is 0. The smallest absolute Gasteiger partial charge is 0.101 e. The molecule has 1 heterocycles. The molecule has 0 atom stereocenters. The van der Waals surface area contributed by atoms with Gasteiger partial charge in [-0.1, -0.05) is 12.1 Å². The number of nitriles is 2. The molecule has 0 aliphatic carbocycles. The van der Waals surface area contributed by atoms with Crippen LogP contribution in [-0.4, -0.2) is 4.98 Å². The van der Waals surface area contributed by atoms with Crippen LogP contribution < -0.4 is 0 Å². The fourth-order valence-electron chi connectivity index (χ4n) is 1.46. The van der Waals surface area contributed by atoms with Gasteiger partial charge in [0.1, 0.15) is 6.07 Å². The zero-order valence-electron chi connectivity index (χ0n) is 7.86. The Morgan fingerprint density at radius 2 is 2.13 bits per heavy atom. The van der Waals surface area contributed by atoms with Gasteiger partial charge in [0, 0.05) is 17.8 Å². The lowest BCUT2D eigenvalue weighted by molar-refractivity contribution is 1.47. The van der Waals surface area contributed by atoms with Crippen molar-refractivity contribution in [2.75, 3.05) is 0 Å². The maximum Gasteiger partial charge on any atom is 0.101 e. The Morgan fingerprint density at radius 1 is 1.27 bits per heavy atom. The molecule has 0 unspecified atom stereocenters. The van der Waals surface area contributed by atoms with Gasteiger partial charge in [0.05, 0.1) is 11.6 Å². The third-order valence-electron chi connectivity index (χ3n) is 2.20. The largest absolute Gasteiger partial charge is 0.361 e. The molecule has 0 spiro atoms. The van der Waals surface area contributed by atoms with E-state index in [0.717, 1.165) is 16.5 Å². The molecular formula is C12H7N3. The maximum atomic E-state index is 8.85. The molecule has 0 fully saturated rings. The van der Waals surface area contributed by atoms with E-state index >= 15 is 0 Å². The normalized spacial score (nSPS) is 10.9. The van der Waals surface area contributed by atoms with Crippen LogP contribution in [0.2, 0.25) is 0 Å². The minimum atomic E-state index is 0.383. The van der Waals surface area contributed by atoms with Crippen molar-refractivity contribution >= 4 is 16.5 Å². The summed E-state index contributed by atoms with van der Waals surface area (Å²) in [5.41, 5.74) is 2.11. The number of allylic oxidation sites excluding steroid dienone is 2. The molecule has 2 rings (SSSR count). The molecule has 0 saturated heterocycles. The second-order valence-electron chi connectivity index (χ2n) is 3.08. The van der Waals surface area contributed by atoms with Crippen molar-refractivity contribution in [3.05, 3.63) is 42.1 Å². The van der Waals surface area contributed by atoms with E-state index in [1.807, 2.05) is 42.6 Å². The predicted molar refractivity (Wildman–Crippen MR) is 57.5 cm³/mol. The van der Waals surface area contributed by atoms with Gasteiger partial charge in [-0.25, -0.2) is 0 Å². The zero-order chi connectivity index (χ0) is 10.7. The Labute approximate surface area is 86.9 Å². The van der Waals surface area contributed by atoms with Gasteiger partial charge < -0.3 is 4.98 Å². The molecule has 0 aliphatic heterocycles. The van der Waals surface area contributed by atoms with Crippen LogP contribution in [-0.2, 0) is 0 Å². The minimum Gasteiger partial charge on any atom is -0.361 e. The third-order valence-corrected chi connectivity index (χ3v) is 2.20. The first-order chi connectivity index (χ1) is 7.35. The average Bonchev–Trinajstić information content (AvgIpc) is 2.72. The standard InChI is InChI=1S/C12H7N3/c13-5-3-11(8-14)10-2-1-9-4-6-15-12(9)7-10/h1-4,6-7,15H/b11-3+. The zero-order valence-corrected chi connectivity index (χ0v) is 7.86. The number of hydrogen-bond acceptors (Lipinski definition) is 2. The highest BCUT2D eigenvalue weighted by Crippen LogP contribution is 2.19. The van der Waals surface area contributed by atoms with Crippen LogP contribution >= 0.6 is 0 Å². The van der Waals surface area contributed by atoms with E-state index in [-0.39, 0.29) is 0 Å². The first-order valence-corrected chi connectivity index (χ1v) is 4.42. The molecule has 0 saturated carbocycles. The van der Waals surface area contributed by atoms with Gasteiger partial charge in [0.15, 0.2) is 0 Å². The first-order valence-electron chi connectivity index (χ1n) is 4.42. The Balaban J connectivity index is 2.58. The number of rotatable bonds is 1. The Hall–Kier alpha value is -2.52. The van der Waals surface area contributed by atoms with E-state index in [1.165, 1.54) is 6.08 Å². The first kappa shape index (κ1) is 9.05. The summed E-state index contributed by atoms with van der Waals surface area (Å²) in [6.45, 7) is 0. The van der Waals surface area contributed by atoms with Crippen molar-refractivity contribution in [2.24, 2.45) is 0 Å². The van der Waals surface area contributed by atoms with Crippen LogP contribution in [0.25, 0.3) is 16.5 Å². The van der Waals surface area contributed by atoms with Gasteiger partial charge in [-0.15, -0.1) is 0 Å². The van der Waals surface area contributed by atoms with Crippen molar-refractivity contribution < 1.29 is 0 Å². The summed E-state index contributed by atoms with van der Waals surface area (Å²) in [4.78, 5) is 3.06. The fourth-order valence-corrected chi connectivity index (χ4v) is 1.46. The van der Waals surface area contributed by atoms with Crippen molar-refractivity contribution in [3.63, 3.8) is 0 Å². The van der Waals surface area contributed by atoms with Crippen LogP contribution in [0.1, 0.15) is 5.56 Å². The Morgan fingerprint density at radius 3 is 2.87 bits per heavy atom. The summed E-state index contributed by atoms with van der Waals surface area (Å²) in [6.07, 6.45) is 3.10. The van der Waals surface area contributed by atoms with Crippen LogP contribution in [0.5, 0.6) is 0 Å². The van der Waals surface area contributed by atoms with E-state index in [4.69, 9.17) is 10.5 Å². The van der Waals surface area contributed by atoms with Crippen LogP contribution in [0.4, 0.5) is 0 Å². The van der Waals surface area contributed by atoms with Crippen molar-refractivity contribution in [1.29, 1.82) is 10.5 Å².